The van der Waals surface area contributed by atoms with Gasteiger partial charge in [-0.2, -0.15) is 0 Å². The molecule has 1 saturated carbocycles. The van der Waals surface area contributed by atoms with Gasteiger partial charge in [0.15, 0.2) is 0 Å². The fourth-order valence-corrected chi connectivity index (χ4v) is 3.56. The van der Waals surface area contributed by atoms with E-state index in [-0.39, 0.29) is 0 Å². The topological polar surface area (TPSA) is 37.3 Å². The third kappa shape index (κ3) is 5.67. The lowest BCUT2D eigenvalue weighted by Gasteiger charge is -2.31. The van der Waals surface area contributed by atoms with Crippen LogP contribution in [0, 0.1) is 5.92 Å². The van der Waals surface area contributed by atoms with E-state index in [1.54, 1.807) is 0 Å². The first-order chi connectivity index (χ1) is 10.8. The highest BCUT2D eigenvalue weighted by Gasteiger charge is 2.25. The normalized spacial score (nSPS) is 22.0. The minimum absolute atomic E-state index is 0.298. The van der Waals surface area contributed by atoms with Crippen LogP contribution in [-0.4, -0.2) is 11.1 Å². The van der Waals surface area contributed by atoms with Crippen molar-refractivity contribution in [2.75, 3.05) is 0 Å². The van der Waals surface area contributed by atoms with E-state index >= 15 is 0 Å². The standard InChI is InChI=1S/C20H28O2/c21-20(22)16-8-3-1-2-5-11-18-14-9-10-15-19(18)17-12-6-4-7-13-17/h2,4-7,12-13,18-19H,1,3,8-11,14-16H2,(H,21,22)/b5-2-/t18-,19-/m1/s1. The molecule has 2 nitrogen and oxygen atoms in total. The Hall–Kier alpha value is -1.57. The number of carboxylic acids is 1. The Bertz CT molecular complexity index is 464. The van der Waals surface area contributed by atoms with Gasteiger partial charge in [-0.1, -0.05) is 55.3 Å². The van der Waals surface area contributed by atoms with Gasteiger partial charge in [-0.15, -0.1) is 0 Å². The summed E-state index contributed by atoms with van der Waals surface area (Å²) in [5.74, 6) is 0.801. The minimum atomic E-state index is -0.683. The van der Waals surface area contributed by atoms with Gasteiger partial charge >= 0.3 is 5.97 Å². The van der Waals surface area contributed by atoms with Gasteiger partial charge in [0.25, 0.3) is 0 Å². The third-order valence-electron chi connectivity index (χ3n) is 4.75. The van der Waals surface area contributed by atoms with E-state index in [0.29, 0.717) is 12.3 Å². The predicted octanol–water partition coefficient (Wildman–Crippen LogP) is 5.55. The maximum atomic E-state index is 10.4. The average molecular weight is 300 g/mol. The van der Waals surface area contributed by atoms with Gasteiger partial charge in [-0.05, 0) is 55.9 Å². The van der Waals surface area contributed by atoms with Crippen molar-refractivity contribution in [3.63, 3.8) is 0 Å². The molecule has 0 bridgehead atoms. The number of carboxylic acid groups (broad SMARTS) is 1. The summed E-state index contributed by atoms with van der Waals surface area (Å²) in [6, 6.07) is 11.0. The number of hydrogen-bond acceptors (Lipinski definition) is 1. The number of allylic oxidation sites excluding steroid dienone is 2. The van der Waals surface area contributed by atoms with Crippen LogP contribution in [0.3, 0.4) is 0 Å². The first kappa shape index (κ1) is 16.8. The smallest absolute Gasteiger partial charge is 0.303 e. The zero-order valence-electron chi connectivity index (χ0n) is 13.4. The van der Waals surface area contributed by atoms with Crippen LogP contribution in [0.1, 0.15) is 69.3 Å². The molecule has 0 spiro atoms. The van der Waals surface area contributed by atoms with E-state index in [0.717, 1.165) is 25.2 Å². The van der Waals surface area contributed by atoms with Gasteiger partial charge in [0.2, 0.25) is 0 Å². The van der Waals surface area contributed by atoms with Crippen LogP contribution in [-0.2, 0) is 4.79 Å². The molecule has 0 aromatic heterocycles. The lowest BCUT2D eigenvalue weighted by atomic mass is 9.74. The van der Waals surface area contributed by atoms with Gasteiger partial charge in [-0.25, -0.2) is 0 Å². The highest BCUT2D eigenvalue weighted by atomic mass is 16.4. The second-order valence-corrected chi connectivity index (χ2v) is 6.41. The Labute approximate surface area is 134 Å². The van der Waals surface area contributed by atoms with E-state index < -0.39 is 5.97 Å². The molecule has 2 heteroatoms. The van der Waals surface area contributed by atoms with E-state index in [4.69, 9.17) is 5.11 Å². The zero-order chi connectivity index (χ0) is 15.6. The summed E-state index contributed by atoms with van der Waals surface area (Å²) < 4.78 is 0. The Morgan fingerprint density at radius 3 is 2.64 bits per heavy atom. The number of carbonyl (C=O) groups is 1. The van der Waals surface area contributed by atoms with E-state index in [1.165, 1.54) is 37.7 Å². The first-order valence-electron chi connectivity index (χ1n) is 8.69. The van der Waals surface area contributed by atoms with Gasteiger partial charge in [-0.3, -0.25) is 4.79 Å². The number of benzene rings is 1. The van der Waals surface area contributed by atoms with E-state index in [1.807, 2.05) is 0 Å². The number of hydrogen-bond donors (Lipinski definition) is 1. The molecule has 22 heavy (non-hydrogen) atoms. The summed E-state index contributed by atoms with van der Waals surface area (Å²) in [6.45, 7) is 0. The molecule has 1 N–H and O–H groups in total. The fourth-order valence-electron chi connectivity index (χ4n) is 3.56. The zero-order valence-corrected chi connectivity index (χ0v) is 13.4. The largest absolute Gasteiger partial charge is 0.481 e. The number of aliphatic carboxylic acids is 1. The summed E-state index contributed by atoms with van der Waals surface area (Å²) in [7, 11) is 0. The molecular formula is C20H28O2. The summed E-state index contributed by atoms with van der Waals surface area (Å²) in [5.41, 5.74) is 1.50. The van der Waals surface area contributed by atoms with Crippen molar-refractivity contribution in [1.82, 2.24) is 0 Å². The van der Waals surface area contributed by atoms with Crippen molar-refractivity contribution in [2.24, 2.45) is 5.92 Å². The van der Waals surface area contributed by atoms with Crippen molar-refractivity contribution in [3.8, 4) is 0 Å². The number of rotatable bonds is 8. The first-order valence-corrected chi connectivity index (χ1v) is 8.69. The van der Waals surface area contributed by atoms with Crippen LogP contribution in [0.5, 0.6) is 0 Å². The van der Waals surface area contributed by atoms with Crippen LogP contribution in [0.15, 0.2) is 42.5 Å². The molecule has 1 aliphatic rings. The molecule has 0 amide bonds. The highest BCUT2D eigenvalue weighted by molar-refractivity contribution is 5.66. The van der Waals surface area contributed by atoms with Crippen LogP contribution in [0.25, 0.3) is 0 Å². The van der Waals surface area contributed by atoms with Gasteiger partial charge in [0.1, 0.15) is 0 Å². The maximum absolute atomic E-state index is 10.4. The summed E-state index contributed by atoms with van der Waals surface area (Å²) >= 11 is 0. The second-order valence-electron chi connectivity index (χ2n) is 6.41. The molecule has 0 heterocycles. The van der Waals surface area contributed by atoms with Crippen LogP contribution < -0.4 is 0 Å². The molecule has 1 aliphatic carbocycles. The monoisotopic (exact) mass is 300 g/mol. The molecular weight excluding hydrogens is 272 g/mol. The van der Waals surface area contributed by atoms with Gasteiger partial charge in [0.05, 0.1) is 0 Å². The second kappa shape index (κ2) is 9.45. The Balaban J connectivity index is 1.76. The summed E-state index contributed by atoms with van der Waals surface area (Å²) in [4.78, 5) is 10.4. The SMILES string of the molecule is O=C(O)CCCC/C=C\C[C@@H]1CCCC[C@@H]1c1ccccc1. The molecule has 0 unspecified atom stereocenters. The molecule has 1 fully saturated rings. The quantitative estimate of drug-likeness (QED) is 0.504. The molecule has 0 saturated heterocycles. The third-order valence-corrected chi connectivity index (χ3v) is 4.75. The molecule has 2 atom stereocenters. The van der Waals surface area contributed by atoms with Gasteiger partial charge < -0.3 is 5.11 Å². The Morgan fingerprint density at radius 1 is 1.09 bits per heavy atom. The summed E-state index contributed by atoms with van der Waals surface area (Å²) in [6.07, 6.45) is 14.2. The Kier molecular flexibility index (Phi) is 7.21. The fraction of sp³-hybridized carbons (Fsp3) is 0.550. The minimum Gasteiger partial charge on any atom is -0.481 e. The molecule has 0 aliphatic heterocycles. The van der Waals surface area contributed by atoms with Crippen LogP contribution in [0.4, 0.5) is 0 Å². The lowest BCUT2D eigenvalue weighted by Crippen LogP contribution is -2.17. The van der Waals surface area contributed by atoms with Crippen molar-refractivity contribution < 1.29 is 9.90 Å². The maximum Gasteiger partial charge on any atom is 0.303 e. The van der Waals surface area contributed by atoms with Gasteiger partial charge in [0, 0.05) is 6.42 Å². The van der Waals surface area contributed by atoms with Crippen molar-refractivity contribution in [1.29, 1.82) is 0 Å². The molecule has 1 aromatic rings. The summed E-state index contributed by atoms with van der Waals surface area (Å²) in [5, 5.41) is 8.61. The van der Waals surface area contributed by atoms with Crippen molar-refractivity contribution in [3.05, 3.63) is 48.0 Å². The highest BCUT2D eigenvalue weighted by Crippen LogP contribution is 2.39. The van der Waals surface area contributed by atoms with E-state index in [9.17, 15) is 4.79 Å². The molecule has 120 valence electrons. The van der Waals surface area contributed by atoms with Crippen LogP contribution >= 0.6 is 0 Å². The molecule has 2 rings (SSSR count). The lowest BCUT2D eigenvalue weighted by molar-refractivity contribution is -0.137. The Morgan fingerprint density at radius 2 is 1.86 bits per heavy atom. The predicted molar refractivity (Wildman–Crippen MR) is 91.0 cm³/mol. The van der Waals surface area contributed by atoms with E-state index in [2.05, 4.69) is 42.5 Å². The van der Waals surface area contributed by atoms with Crippen LogP contribution in [0.2, 0.25) is 0 Å². The number of unbranched alkanes of at least 4 members (excludes halogenated alkanes) is 2. The molecule has 1 aromatic carbocycles. The van der Waals surface area contributed by atoms with Crippen molar-refractivity contribution in [2.45, 2.75) is 63.7 Å². The molecule has 0 radical (unpaired) electrons. The average Bonchev–Trinajstić information content (AvgIpc) is 2.55. The van der Waals surface area contributed by atoms with Crippen molar-refractivity contribution >= 4 is 5.97 Å².